The molecule has 0 saturated heterocycles. The van der Waals surface area contributed by atoms with Crippen molar-refractivity contribution in [2.45, 2.75) is 57.1 Å². The summed E-state index contributed by atoms with van der Waals surface area (Å²) in [6.07, 6.45) is 6.91. The van der Waals surface area contributed by atoms with E-state index in [1.807, 2.05) is 13.2 Å². The summed E-state index contributed by atoms with van der Waals surface area (Å²) in [7, 11) is -3.15. The van der Waals surface area contributed by atoms with Crippen LogP contribution in [0.2, 0.25) is 0 Å². The molecule has 0 N–H and O–H groups in total. The largest absolute Gasteiger partial charge is 0.291 e. The van der Waals surface area contributed by atoms with Gasteiger partial charge in [-0.05, 0) is 19.3 Å². The average Bonchev–Trinajstić information content (AvgIpc) is 2.28. The minimum Gasteiger partial charge on any atom is -0.291 e. The lowest BCUT2D eigenvalue weighted by Crippen LogP contribution is -2.19. The lowest BCUT2D eigenvalue weighted by Gasteiger charge is -2.14. The minimum absolute atomic E-state index is 0.323. The van der Waals surface area contributed by atoms with Gasteiger partial charge >= 0.3 is 0 Å². The third-order valence-corrected chi connectivity index (χ3v) is 4.50. The van der Waals surface area contributed by atoms with Crippen LogP contribution in [0.1, 0.15) is 51.9 Å². The number of hydrogen-bond donors (Lipinski definition) is 0. The van der Waals surface area contributed by atoms with Crippen LogP contribution in [-0.2, 0) is 14.6 Å². The molecule has 1 radical (unpaired) electrons. The molecule has 0 aromatic rings. The predicted octanol–water partition coefficient (Wildman–Crippen LogP) is 2.77. The molecular weight excluding hydrogens is 224 g/mol. The molecule has 0 aliphatic rings. The van der Waals surface area contributed by atoms with Crippen LogP contribution in [-0.4, -0.2) is 20.0 Å². The molecule has 0 aliphatic heterocycles. The molecule has 0 heterocycles. The molecule has 1 atom stereocenters. The zero-order valence-corrected chi connectivity index (χ0v) is 10.8. The van der Waals surface area contributed by atoms with Crippen LogP contribution >= 0.6 is 0 Å². The van der Waals surface area contributed by atoms with E-state index in [4.69, 9.17) is 0 Å². The van der Waals surface area contributed by atoms with Crippen molar-refractivity contribution < 1.29 is 13.2 Å². The van der Waals surface area contributed by atoms with Gasteiger partial charge in [0.25, 0.3) is 0 Å². The lowest BCUT2D eigenvalue weighted by atomic mass is 10.1. The quantitative estimate of drug-likeness (QED) is 0.556. The maximum Gasteiger partial charge on any atom is 0.198 e. The van der Waals surface area contributed by atoms with E-state index in [-0.39, 0.29) is 5.25 Å². The Balaban J connectivity index is 4.21. The molecule has 0 saturated carbocycles. The normalized spacial score (nSPS) is 13.3. The summed E-state index contributed by atoms with van der Waals surface area (Å²) < 4.78 is 23.3. The zero-order chi connectivity index (χ0) is 12.4. The Morgan fingerprint density at radius 1 is 1.25 bits per heavy atom. The van der Waals surface area contributed by atoms with E-state index in [1.54, 1.807) is 0 Å². The van der Waals surface area contributed by atoms with Gasteiger partial charge in [-0.25, -0.2) is 8.42 Å². The van der Waals surface area contributed by atoms with Crippen LogP contribution in [0.4, 0.5) is 0 Å². The molecule has 0 rings (SSSR count). The first-order chi connectivity index (χ1) is 7.58. The van der Waals surface area contributed by atoms with Crippen LogP contribution in [0.3, 0.4) is 0 Å². The first-order valence-electron chi connectivity index (χ1n) is 5.79. The zero-order valence-electron chi connectivity index (χ0n) is 9.94. The maximum absolute atomic E-state index is 11.7. The molecule has 16 heavy (non-hydrogen) atoms. The van der Waals surface area contributed by atoms with Crippen molar-refractivity contribution in [3.63, 3.8) is 0 Å². The van der Waals surface area contributed by atoms with Gasteiger partial charge < -0.3 is 0 Å². The number of rotatable bonds is 10. The molecule has 0 aliphatic carbocycles. The molecule has 0 spiro atoms. The highest BCUT2D eigenvalue weighted by Crippen LogP contribution is 2.18. The molecular formula is C12H21O3S. The van der Waals surface area contributed by atoms with Gasteiger partial charge in [0, 0.05) is 11.8 Å². The molecule has 0 bridgehead atoms. The van der Waals surface area contributed by atoms with E-state index in [2.05, 4.69) is 6.58 Å². The van der Waals surface area contributed by atoms with Gasteiger partial charge in [-0.15, -0.1) is 0 Å². The summed E-state index contributed by atoms with van der Waals surface area (Å²) in [5.41, 5.74) is 0. The third-order valence-electron chi connectivity index (χ3n) is 2.63. The van der Waals surface area contributed by atoms with Crippen LogP contribution in [0.25, 0.3) is 0 Å². The highest BCUT2D eigenvalue weighted by atomic mass is 32.2. The summed E-state index contributed by atoms with van der Waals surface area (Å²) in [4.78, 5) is 10.0. The van der Waals surface area contributed by atoms with Crippen LogP contribution in [0.15, 0.2) is 12.0 Å². The second-order valence-corrected chi connectivity index (χ2v) is 6.09. The number of carbonyl (C=O) groups excluding carboxylic acids is 1. The topological polar surface area (TPSA) is 51.2 Å². The summed E-state index contributed by atoms with van der Waals surface area (Å²) >= 11 is 0. The molecule has 0 fully saturated rings. The Morgan fingerprint density at radius 2 is 1.88 bits per heavy atom. The second kappa shape index (κ2) is 8.50. The van der Waals surface area contributed by atoms with E-state index >= 15 is 0 Å². The fourth-order valence-electron chi connectivity index (χ4n) is 1.61. The van der Waals surface area contributed by atoms with E-state index < -0.39 is 9.84 Å². The van der Waals surface area contributed by atoms with Crippen LogP contribution in [0, 0.1) is 0 Å². The number of sulfone groups is 1. The Labute approximate surface area is 98.9 Å². The Hall–Kier alpha value is -0.640. The first-order valence-corrected chi connectivity index (χ1v) is 7.40. The Morgan fingerprint density at radius 3 is 2.38 bits per heavy atom. The van der Waals surface area contributed by atoms with Crippen molar-refractivity contribution in [3.05, 3.63) is 12.0 Å². The van der Waals surface area contributed by atoms with Crippen molar-refractivity contribution in [1.29, 1.82) is 0 Å². The van der Waals surface area contributed by atoms with Crippen molar-refractivity contribution in [1.82, 2.24) is 0 Å². The highest BCUT2D eigenvalue weighted by Gasteiger charge is 2.20. The minimum atomic E-state index is -3.15. The summed E-state index contributed by atoms with van der Waals surface area (Å²) in [6.45, 7) is 5.40. The molecule has 0 amide bonds. The molecule has 1 unspecified atom stereocenters. The van der Waals surface area contributed by atoms with Crippen LogP contribution < -0.4 is 0 Å². The van der Waals surface area contributed by atoms with E-state index in [0.717, 1.165) is 31.1 Å². The smallest absolute Gasteiger partial charge is 0.198 e. The Kier molecular flexibility index (Phi) is 8.16. The van der Waals surface area contributed by atoms with Crippen molar-refractivity contribution in [2.75, 3.05) is 0 Å². The van der Waals surface area contributed by atoms with Crippen LogP contribution in [0.5, 0.6) is 0 Å². The molecule has 93 valence electrons. The molecule has 3 nitrogen and oxygen atoms in total. The average molecular weight is 245 g/mol. The van der Waals surface area contributed by atoms with Gasteiger partial charge in [0.05, 0.1) is 5.25 Å². The number of hydrogen-bond acceptors (Lipinski definition) is 3. The number of unbranched alkanes of at least 4 members (excludes halogenated alkanes) is 3. The van der Waals surface area contributed by atoms with E-state index in [1.165, 1.54) is 0 Å². The third kappa shape index (κ3) is 6.05. The van der Waals surface area contributed by atoms with Gasteiger partial charge in [0.15, 0.2) is 16.1 Å². The van der Waals surface area contributed by atoms with Gasteiger partial charge in [0.2, 0.25) is 0 Å². The van der Waals surface area contributed by atoms with E-state index in [0.29, 0.717) is 19.3 Å². The predicted molar refractivity (Wildman–Crippen MR) is 66.6 cm³/mol. The molecule has 0 aromatic heterocycles. The van der Waals surface area contributed by atoms with Crippen molar-refractivity contribution in [3.8, 4) is 0 Å². The van der Waals surface area contributed by atoms with Crippen molar-refractivity contribution >= 4 is 16.1 Å². The molecule has 0 aromatic carbocycles. The van der Waals surface area contributed by atoms with Gasteiger partial charge in [-0.1, -0.05) is 32.8 Å². The van der Waals surface area contributed by atoms with Gasteiger partial charge in [-0.3, -0.25) is 4.79 Å². The first kappa shape index (κ1) is 15.4. The SMILES string of the molecule is C=CS(=O)(=O)C(CCCC)CCCC[C]=O. The summed E-state index contributed by atoms with van der Waals surface area (Å²) in [5.74, 6) is 0. The van der Waals surface area contributed by atoms with Gasteiger partial charge in [-0.2, -0.15) is 0 Å². The summed E-state index contributed by atoms with van der Waals surface area (Å²) in [5, 5.41) is 0.732. The van der Waals surface area contributed by atoms with E-state index in [9.17, 15) is 13.2 Å². The lowest BCUT2D eigenvalue weighted by molar-refractivity contribution is 0.532. The standard InChI is InChI=1S/C12H21O3S/c1-3-5-9-12(16(14,15)4-2)10-7-6-8-11-13/h4,12H,2-3,5-10H2,1H3. The highest BCUT2D eigenvalue weighted by molar-refractivity contribution is 7.94. The fraction of sp³-hybridized carbons (Fsp3) is 0.750. The fourth-order valence-corrected chi connectivity index (χ4v) is 2.87. The second-order valence-electron chi connectivity index (χ2n) is 3.91. The van der Waals surface area contributed by atoms with Gasteiger partial charge in [0.1, 0.15) is 0 Å². The van der Waals surface area contributed by atoms with Crippen molar-refractivity contribution in [2.24, 2.45) is 0 Å². The Bertz CT molecular complexity index is 293. The maximum atomic E-state index is 11.7. The monoisotopic (exact) mass is 245 g/mol. The summed E-state index contributed by atoms with van der Waals surface area (Å²) in [6, 6.07) is 0. The molecule has 4 heteroatoms.